The third-order valence-corrected chi connectivity index (χ3v) is 1.50. The highest BCUT2D eigenvalue weighted by molar-refractivity contribution is 7.96. The highest BCUT2D eigenvalue weighted by Crippen LogP contribution is 2.05. The number of methoxy groups -OCH3 is 1. The molecular weight excluding hydrogens is 164 g/mol. The third-order valence-electron chi connectivity index (χ3n) is 1.21. The van der Waals surface area contributed by atoms with Crippen LogP contribution in [0, 0.1) is 0 Å². The number of hydrogen-bond acceptors (Lipinski definition) is 3. The molecule has 4 heteroatoms. The summed E-state index contributed by atoms with van der Waals surface area (Å²) in [5, 5.41) is -0.232. The zero-order chi connectivity index (χ0) is 8.69. The molecule has 0 saturated carbocycles. The van der Waals surface area contributed by atoms with Gasteiger partial charge in [0.15, 0.2) is 0 Å². The second-order valence-electron chi connectivity index (χ2n) is 2.19. The van der Waals surface area contributed by atoms with Crippen LogP contribution < -0.4 is 0 Å². The largest absolute Gasteiger partial charge is 0.359 e. The van der Waals surface area contributed by atoms with Crippen LogP contribution >= 0.6 is 12.6 Å². The van der Waals surface area contributed by atoms with Crippen molar-refractivity contribution in [2.45, 2.75) is 25.9 Å². The van der Waals surface area contributed by atoms with Gasteiger partial charge in [-0.2, -0.15) is 0 Å². The standard InChI is InChI=1S/C7H14O3S/c1-3-4-6(7(8)11)10-5-9-2/h6H,3-5H2,1-2H3,(H,8,11). The maximum atomic E-state index is 10.7. The fraction of sp³-hybridized carbons (Fsp3) is 0.857. The molecular formula is C7H14O3S. The Labute approximate surface area is 72.5 Å². The summed E-state index contributed by atoms with van der Waals surface area (Å²) in [7, 11) is 1.52. The van der Waals surface area contributed by atoms with Gasteiger partial charge in [-0.1, -0.05) is 13.3 Å². The van der Waals surface area contributed by atoms with E-state index >= 15 is 0 Å². The lowest BCUT2D eigenvalue weighted by atomic mass is 10.2. The minimum atomic E-state index is -0.414. The van der Waals surface area contributed by atoms with E-state index in [0.29, 0.717) is 6.42 Å². The molecule has 0 heterocycles. The molecule has 0 aromatic rings. The second-order valence-corrected chi connectivity index (χ2v) is 2.63. The molecule has 0 amide bonds. The average Bonchev–Trinajstić information content (AvgIpc) is 1.97. The number of carbonyl (C=O) groups is 1. The number of ether oxygens (including phenoxy) is 2. The summed E-state index contributed by atoms with van der Waals surface area (Å²) in [6.07, 6.45) is 1.19. The zero-order valence-electron chi connectivity index (χ0n) is 6.87. The Morgan fingerprint density at radius 2 is 2.27 bits per heavy atom. The molecule has 0 aliphatic carbocycles. The van der Waals surface area contributed by atoms with E-state index < -0.39 is 6.10 Å². The molecule has 0 N–H and O–H groups in total. The fourth-order valence-corrected chi connectivity index (χ4v) is 0.894. The highest BCUT2D eigenvalue weighted by atomic mass is 32.1. The monoisotopic (exact) mass is 178 g/mol. The van der Waals surface area contributed by atoms with Crippen LogP contribution in [0.2, 0.25) is 0 Å². The molecule has 3 nitrogen and oxygen atoms in total. The van der Waals surface area contributed by atoms with E-state index in [0.717, 1.165) is 6.42 Å². The van der Waals surface area contributed by atoms with Gasteiger partial charge in [0.2, 0.25) is 5.12 Å². The van der Waals surface area contributed by atoms with Crippen LogP contribution in [0.15, 0.2) is 0 Å². The van der Waals surface area contributed by atoms with E-state index in [4.69, 9.17) is 4.74 Å². The minimum absolute atomic E-state index is 0.150. The minimum Gasteiger partial charge on any atom is -0.359 e. The zero-order valence-corrected chi connectivity index (χ0v) is 7.77. The number of thiol groups is 1. The summed E-state index contributed by atoms with van der Waals surface area (Å²) < 4.78 is 9.71. The van der Waals surface area contributed by atoms with Crippen molar-refractivity contribution >= 4 is 17.7 Å². The molecule has 0 spiro atoms. The van der Waals surface area contributed by atoms with Crippen LogP contribution in [-0.2, 0) is 14.3 Å². The smallest absolute Gasteiger partial charge is 0.214 e. The highest BCUT2D eigenvalue weighted by Gasteiger charge is 2.13. The molecule has 11 heavy (non-hydrogen) atoms. The van der Waals surface area contributed by atoms with Crippen molar-refractivity contribution in [2.24, 2.45) is 0 Å². The van der Waals surface area contributed by atoms with Crippen molar-refractivity contribution < 1.29 is 14.3 Å². The third kappa shape index (κ3) is 5.24. The molecule has 1 atom stereocenters. The van der Waals surface area contributed by atoms with Crippen LogP contribution in [0.1, 0.15) is 19.8 Å². The van der Waals surface area contributed by atoms with Gasteiger partial charge in [0, 0.05) is 7.11 Å². The van der Waals surface area contributed by atoms with Gasteiger partial charge in [0.25, 0.3) is 0 Å². The van der Waals surface area contributed by atoms with Crippen LogP contribution in [0.4, 0.5) is 0 Å². The Morgan fingerprint density at radius 1 is 1.64 bits per heavy atom. The predicted octanol–water partition coefficient (Wildman–Crippen LogP) is 1.23. The van der Waals surface area contributed by atoms with Gasteiger partial charge in [0.1, 0.15) is 12.9 Å². The van der Waals surface area contributed by atoms with Crippen molar-refractivity contribution in [1.82, 2.24) is 0 Å². The molecule has 0 saturated heterocycles. The lowest BCUT2D eigenvalue weighted by molar-refractivity contribution is -0.131. The summed E-state index contributed by atoms with van der Waals surface area (Å²) in [5.41, 5.74) is 0. The molecule has 0 rings (SSSR count). The van der Waals surface area contributed by atoms with Gasteiger partial charge in [-0.05, 0) is 6.42 Å². The number of hydrogen-bond donors (Lipinski definition) is 1. The van der Waals surface area contributed by atoms with Gasteiger partial charge >= 0.3 is 0 Å². The lowest BCUT2D eigenvalue weighted by Crippen LogP contribution is -2.20. The van der Waals surface area contributed by atoms with Gasteiger partial charge in [-0.15, -0.1) is 12.6 Å². The van der Waals surface area contributed by atoms with Crippen LogP contribution in [0.5, 0.6) is 0 Å². The fourth-order valence-electron chi connectivity index (χ4n) is 0.690. The van der Waals surface area contributed by atoms with Crippen molar-refractivity contribution in [3.63, 3.8) is 0 Å². The van der Waals surface area contributed by atoms with Crippen LogP contribution in [0.3, 0.4) is 0 Å². The van der Waals surface area contributed by atoms with E-state index in [1.54, 1.807) is 0 Å². The van der Waals surface area contributed by atoms with E-state index in [2.05, 4.69) is 17.4 Å². The molecule has 1 unspecified atom stereocenters. The van der Waals surface area contributed by atoms with Gasteiger partial charge in [-0.3, -0.25) is 4.79 Å². The van der Waals surface area contributed by atoms with Crippen LogP contribution in [-0.4, -0.2) is 25.1 Å². The average molecular weight is 178 g/mol. The first-order chi connectivity index (χ1) is 5.22. The maximum Gasteiger partial charge on any atom is 0.214 e. The molecule has 66 valence electrons. The first-order valence-corrected chi connectivity index (χ1v) is 4.00. The summed E-state index contributed by atoms with van der Waals surface area (Å²) >= 11 is 3.68. The first-order valence-electron chi connectivity index (χ1n) is 3.55. The van der Waals surface area contributed by atoms with Gasteiger partial charge in [0.05, 0.1) is 0 Å². The first kappa shape index (κ1) is 10.9. The van der Waals surface area contributed by atoms with Crippen molar-refractivity contribution in [2.75, 3.05) is 13.9 Å². The molecule has 0 aromatic carbocycles. The molecule has 0 aliphatic heterocycles. The Hall–Kier alpha value is -0.0600. The van der Waals surface area contributed by atoms with Gasteiger partial charge < -0.3 is 9.47 Å². The Bertz CT molecular complexity index is 116. The van der Waals surface area contributed by atoms with Crippen molar-refractivity contribution in [1.29, 1.82) is 0 Å². The number of rotatable bonds is 6. The Kier molecular flexibility index (Phi) is 6.60. The topological polar surface area (TPSA) is 35.5 Å². The molecule has 0 bridgehead atoms. The summed E-state index contributed by atoms with van der Waals surface area (Å²) in [6, 6.07) is 0. The lowest BCUT2D eigenvalue weighted by Gasteiger charge is -2.11. The quantitative estimate of drug-likeness (QED) is 0.491. The van der Waals surface area contributed by atoms with Crippen molar-refractivity contribution in [3.05, 3.63) is 0 Å². The summed E-state index contributed by atoms with van der Waals surface area (Å²) in [6.45, 7) is 2.14. The van der Waals surface area contributed by atoms with Crippen molar-refractivity contribution in [3.8, 4) is 0 Å². The number of carbonyl (C=O) groups excluding carboxylic acids is 1. The van der Waals surface area contributed by atoms with E-state index in [-0.39, 0.29) is 11.9 Å². The van der Waals surface area contributed by atoms with E-state index in [1.165, 1.54) is 7.11 Å². The molecule has 0 radical (unpaired) electrons. The Balaban J connectivity index is 3.60. The SMILES string of the molecule is CCCC(OCOC)C(=O)S. The van der Waals surface area contributed by atoms with Crippen LogP contribution in [0.25, 0.3) is 0 Å². The second kappa shape index (κ2) is 6.64. The summed E-state index contributed by atoms with van der Waals surface area (Å²) in [4.78, 5) is 10.7. The molecule has 0 aromatic heterocycles. The van der Waals surface area contributed by atoms with E-state index in [1.807, 2.05) is 6.92 Å². The maximum absolute atomic E-state index is 10.7. The molecule has 0 fully saturated rings. The van der Waals surface area contributed by atoms with E-state index in [9.17, 15) is 4.79 Å². The normalized spacial score (nSPS) is 13.0. The summed E-state index contributed by atoms with van der Waals surface area (Å²) in [5.74, 6) is 0. The Morgan fingerprint density at radius 3 is 2.64 bits per heavy atom. The molecule has 0 aliphatic rings. The predicted molar refractivity (Wildman–Crippen MR) is 45.7 cm³/mol. The van der Waals surface area contributed by atoms with Gasteiger partial charge in [-0.25, -0.2) is 0 Å².